The Hall–Kier alpha value is -3.59. The first kappa shape index (κ1) is 29.5. The van der Waals surface area contributed by atoms with E-state index in [2.05, 4.69) is 39.8 Å². The molecule has 2 fully saturated rings. The van der Waals surface area contributed by atoms with Crippen LogP contribution in [0.25, 0.3) is 11.0 Å². The lowest BCUT2D eigenvalue weighted by molar-refractivity contribution is -0.138. The van der Waals surface area contributed by atoms with Crippen molar-refractivity contribution in [3.05, 3.63) is 93.7 Å². The third-order valence-electron chi connectivity index (χ3n) is 8.60. The van der Waals surface area contributed by atoms with Crippen LogP contribution in [0.4, 0.5) is 0 Å². The fraction of sp³-hybridized carbons (Fsp3) is 0.364. The van der Waals surface area contributed by atoms with Gasteiger partial charge in [-0.15, -0.1) is 0 Å². The molecule has 0 N–H and O–H groups in total. The van der Waals surface area contributed by atoms with Crippen molar-refractivity contribution >= 4 is 46.0 Å². The first-order chi connectivity index (χ1) is 20.9. The number of nitrogens with zero attached hydrogens (tertiary/aromatic N) is 5. The van der Waals surface area contributed by atoms with Crippen LogP contribution in [0.3, 0.4) is 0 Å². The molecule has 0 aliphatic carbocycles. The average Bonchev–Trinajstić information content (AvgIpc) is 3.38. The van der Waals surface area contributed by atoms with E-state index < -0.39 is 0 Å². The maximum absolute atomic E-state index is 13.4. The summed E-state index contributed by atoms with van der Waals surface area (Å²) in [6.45, 7) is 5.16. The summed E-state index contributed by atoms with van der Waals surface area (Å²) in [5.74, 6) is 1.92. The molecule has 2 aliphatic rings. The SMILES string of the molecule is COc1ccc(Cn2c(CN3CCC(C(=O)N4CCN(C(=O)c5cccc(Cl)c5Cl)CC4)CC3)nc3ccccc32)cc1. The third kappa shape index (κ3) is 6.37. The molecule has 3 heterocycles. The van der Waals surface area contributed by atoms with Gasteiger partial charge in [0.05, 0.1) is 40.3 Å². The zero-order valence-corrected chi connectivity index (χ0v) is 25.7. The van der Waals surface area contributed by atoms with Gasteiger partial charge in [0.25, 0.3) is 5.91 Å². The maximum Gasteiger partial charge on any atom is 0.255 e. The number of rotatable bonds is 7. The van der Waals surface area contributed by atoms with Gasteiger partial charge >= 0.3 is 0 Å². The predicted molar refractivity (Wildman–Crippen MR) is 169 cm³/mol. The zero-order valence-electron chi connectivity index (χ0n) is 24.2. The number of amides is 2. The normalized spacial score (nSPS) is 16.5. The molecule has 43 heavy (non-hydrogen) atoms. The van der Waals surface area contributed by atoms with Crippen LogP contribution in [0.2, 0.25) is 10.0 Å². The highest BCUT2D eigenvalue weighted by Crippen LogP contribution is 2.28. The van der Waals surface area contributed by atoms with Gasteiger partial charge in [-0.25, -0.2) is 4.98 Å². The van der Waals surface area contributed by atoms with Gasteiger partial charge in [-0.3, -0.25) is 14.5 Å². The summed E-state index contributed by atoms with van der Waals surface area (Å²) in [5, 5.41) is 0.637. The maximum atomic E-state index is 13.4. The summed E-state index contributed by atoms with van der Waals surface area (Å²) in [6.07, 6.45) is 1.63. The first-order valence-electron chi connectivity index (χ1n) is 14.7. The number of halogens is 2. The number of methoxy groups -OCH3 is 1. The molecule has 0 radical (unpaired) electrons. The Labute approximate surface area is 261 Å². The molecule has 0 spiro atoms. The Balaban J connectivity index is 1.04. The second-order valence-corrected chi connectivity index (χ2v) is 12.0. The van der Waals surface area contributed by atoms with Crippen molar-refractivity contribution in [2.75, 3.05) is 46.4 Å². The molecule has 2 amide bonds. The van der Waals surface area contributed by atoms with Gasteiger partial charge in [0.15, 0.2) is 0 Å². The lowest BCUT2D eigenvalue weighted by Gasteiger charge is -2.38. The smallest absolute Gasteiger partial charge is 0.255 e. The van der Waals surface area contributed by atoms with Gasteiger partial charge in [0.1, 0.15) is 11.6 Å². The summed E-state index contributed by atoms with van der Waals surface area (Å²) < 4.78 is 7.62. The molecule has 3 aromatic carbocycles. The van der Waals surface area contributed by atoms with E-state index in [1.165, 1.54) is 5.56 Å². The van der Waals surface area contributed by atoms with E-state index in [0.29, 0.717) is 36.8 Å². The lowest BCUT2D eigenvalue weighted by Crippen LogP contribution is -2.53. The van der Waals surface area contributed by atoms with E-state index in [9.17, 15) is 9.59 Å². The Morgan fingerprint density at radius 1 is 0.837 bits per heavy atom. The Morgan fingerprint density at radius 2 is 1.53 bits per heavy atom. The first-order valence-corrected chi connectivity index (χ1v) is 15.5. The van der Waals surface area contributed by atoms with Gasteiger partial charge in [0, 0.05) is 38.6 Å². The highest BCUT2D eigenvalue weighted by atomic mass is 35.5. The van der Waals surface area contributed by atoms with Crippen LogP contribution in [0.1, 0.15) is 34.6 Å². The molecule has 0 bridgehead atoms. The molecule has 224 valence electrons. The van der Waals surface area contributed by atoms with Crippen LogP contribution in [-0.4, -0.2) is 82.4 Å². The van der Waals surface area contributed by atoms with Crippen molar-refractivity contribution in [2.24, 2.45) is 5.92 Å². The lowest BCUT2D eigenvalue weighted by atomic mass is 9.95. The number of fused-ring (bicyclic) bond motifs is 1. The van der Waals surface area contributed by atoms with E-state index in [4.69, 9.17) is 32.9 Å². The fourth-order valence-corrected chi connectivity index (χ4v) is 6.48. The van der Waals surface area contributed by atoms with Gasteiger partial charge in [-0.1, -0.05) is 53.5 Å². The molecule has 2 saturated heterocycles. The van der Waals surface area contributed by atoms with Gasteiger partial charge < -0.3 is 19.1 Å². The molecule has 10 heteroatoms. The minimum Gasteiger partial charge on any atom is -0.497 e. The van der Waals surface area contributed by atoms with Crippen molar-refractivity contribution < 1.29 is 14.3 Å². The number of piperidine rings is 1. The van der Waals surface area contributed by atoms with E-state index in [-0.39, 0.29) is 22.8 Å². The minimum absolute atomic E-state index is 0.000933. The number of hydrogen-bond acceptors (Lipinski definition) is 5. The summed E-state index contributed by atoms with van der Waals surface area (Å²) >= 11 is 12.4. The number of hydrogen-bond donors (Lipinski definition) is 0. The van der Waals surface area contributed by atoms with Crippen molar-refractivity contribution in [3.63, 3.8) is 0 Å². The predicted octanol–water partition coefficient (Wildman–Crippen LogP) is 5.60. The molecule has 6 rings (SSSR count). The third-order valence-corrected chi connectivity index (χ3v) is 9.41. The highest BCUT2D eigenvalue weighted by molar-refractivity contribution is 6.43. The quantitative estimate of drug-likeness (QED) is 0.269. The van der Waals surface area contributed by atoms with Gasteiger partial charge in [-0.05, 0) is 67.9 Å². The van der Waals surface area contributed by atoms with Crippen molar-refractivity contribution in [3.8, 4) is 5.75 Å². The van der Waals surface area contributed by atoms with Crippen LogP contribution in [-0.2, 0) is 17.9 Å². The Morgan fingerprint density at radius 3 is 2.26 bits per heavy atom. The largest absolute Gasteiger partial charge is 0.497 e. The summed E-state index contributed by atoms with van der Waals surface area (Å²) in [4.78, 5) is 37.5. The Kier molecular flexibility index (Phi) is 8.88. The number of carbonyl (C=O) groups is 2. The van der Waals surface area contributed by atoms with E-state index >= 15 is 0 Å². The average molecular weight is 621 g/mol. The molecule has 0 saturated carbocycles. The molecule has 0 unspecified atom stereocenters. The number of aromatic nitrogens is 2. The summed E-state index contributed by atoms with van der Waals surface area (Å²) in [5.41, 5.74) is 3.70. The van der Waals surface area contributed by atoms with Gasteiger partial charge in [0.2, 0.25) is 5.91 Å². The topological polar surface area (TPSA) is 70.9 Å². The number of imidazole rings is 1. The molecule has 0 atom stereocenters. The van der Waals surface area contributed by atoms with Gasteiger partial charge in [-0.2, -0.15) is 0 Å². The molecule has 2 aliphatic heterocycles. The molecule has 1 aromatic heterocycles. The van der Waals surface area contributed by atoms with Crippen LogP contribution in [0.15, 0.2) is 66.7 Å². The molecular formula is C33H35Cl2N5O3. The standard InChI is InChI=1S/C33H35Cl2N5O3/c1-43-25-11-9-23(10-12-25)21-40-29-8-3-2-7-28(29)36-30(40)22-37-15-13-24(14-16-37)32(41)38-17-19-39(20-18-38)33(42)26-5-4-6-27(34)31(26)35/h2-12,24H,13-22H2,1H3. The highest BCUT2D eigenvalue weighted by Gasteiger charge is 2.32. The van der Waals surface area contributed by atoms with E-state index in [1.54, 1.807) is 30.2 Å². The van der Waals surface area contributed by atoms with Crippen molar-refractivity contribution in [2.45, 2.75) is 25.9 Å². The summed E-state index contributed by atoms with van der Waals surface area (Å²) in [7, 11) is 1.68. The van der Waals surface area contributed by atoms with Crippen LogP contribution in [0, 0.1) is 5.92 Å². The number of piperazine rings is 1. The van der Waals surface area contributed by atoms with Crippen LogP contribution >= 0.6 is 23.2 Å². The van der Waals surface area contributed by atoms with Crippen molar-refractivity contribution in [1.29, 1.82) is 0 Å². The number of ether oxygens (including phenoxy) is 1. The summed E-state index contributed by atoms with van der Waals surface area (Å²) in [6, 6.07) is 21.5. The number of para-hydroxylation sites is 2. The number of likely N-dealkylation sites (tertiary alicyclic amines) is 1. The van der Waals surface area contributed by atoms with Crippen molar-refractivity contribution in [1.82, 2.24) is 24.3 Å². The molecule has 8 nitrogen and oxygen atoms in total. The van der Waals surface area contributed by atoms with Crippen LogP contribution in [0.5, 0.6) is 5.75 Å². The van der Waals surface area contributed by atoms with Crippen LogP contribution < -0.4 is 4.74 Å². The fourth-order valence-electron chi connectivity index (χ4n) is 6.10. The van der Waals surface area contributed by atoms with E-state index in [0.717, 1.165) is 61.6 Å². The number of carbonyl (C=O) groups excluding carboxylic acids is 2. The van der Waals surface area contributed by atoms with E-state index in [1.807, 2.05) is 23.1 Å². The number of benzene rings is 3. The monoisotopic (exact) mass is 619 g/mol. The second kappa shape index (κ2) is 13.0. The zero-order chi connectivity index (χ0) is 29.9. The second-order valence-electron chi connectivity index (χ2n) is 11.2. The molecular weight excluding hydrogens is 585 g/mol. The minimum atomic E-state index is -0.147. The molecule has 4 aromatic rings. The Bertz CT molecular complexity index is 1610.